The van der Waals surface area contributed by atoms with Crippen molar-refractivity contribution in [1.82, 2.24) is 20.2 Å². The quantitative estimate of drug-likeness (QED) is 0.748. The van der Waals surface area contributed by atoms with Crippen LogP contribution >= 0.6 is 0 Å². The van der Waals surface area contributed by atoms with E-state index in [1.54, 1.807) is 12.5 Å². The molecule has 0 bridgehead atoms. The number of anilines is 1. The molecular formula is C13H13N5O. The fraction of sp³-hybridized carbons (Fsp3) is 0.154. The van der Waals surface area contributed by atoms with Crippen LogP contribution in [0.25, 0.3) is 11.5 Å². The smallest absolute Gasteiger partial charge is 0.247 e. The summed E-state index contributed by atoms with van der Waals surface area (Å²) in [6.45, 7) is 2.74. The van der Waals surface area contributed by atoms with E-state index < -0.39 is 0 Å². The predicted octanol–water partition coefficient (Wildman–Crippen LogP) is 2.38. The highest BCUT2D eigenvalue weighted by Gasteiger charge is 2.06. The monoisotopic (exact) mass is 255 g/mol. The molecule has 3 rings (SSSR count). The summed E-state index contributed by atoms with van der Waals surface area (Å²) < 4.78 is 5.20. The van der Waals surface area contributed by atoms with Crippen LogP contribution in [0.3, 0.4) is 0 Å². The Labute approximate surface area is 109 Å². The van der Waals surface area contributed by atoms with Crippen LogP contribution in [-0.2, 0) is 6.54 Å². The molecule has 2 heterocycles. The van der Waals surface area contributed by atoms with Gasteiger partial charge in [-0.25, -0.2) is 4.98 Å². The molecule has 0 saturated carbocycles. The molecule has 1 aromatic carbocycles. The molecule has 0 aliphatic heterocycles. The molecule has 0 aliphatic carbocycles. The number of hydrogen-bond acceptors (Lipinski definition) is 5. The van der Waals surface area contributed by atoms with Gasteiger partial charge in [0.2, 0.25) is 12.3 Å². The zero-order valence-corrected chi connectivity index (χ0v) is 10.4. The van der Waals surface area contributed by atoms with Crippen LogP contribution in [0.5, 0.6) is 0 Å². The molecule has 0 saturated heterocycles. The summed E-state index contributed by atoms with van der Waals surface area (Å²) in [4.78, 5) is 7.04. The van der Waals surface area contributed by atoms with Crippen LogP contribution in [0.4, 0.5) is 5.69 Å². The maximum Gasteiger partial charge on any atom is 0.247 e. The van der Waals surface area contributed by atoms with Crippen LogP contribution < -0.4 is 5.32 Å². The highest BCUT2D eigenvalue weighted by atomic mass is 16.4. The maximum atomic E-state index is 5.20. The summed E-state index contributed by atoms with van der Waals surface area (Å²) in [5.41, 5.74) is 4.12. The van der Waals surface area contributed by atoms with Crippen LogP contribution in [0.15, 0.2) is 41.5 Å². The standard InChI is InChI=1S/C13H13N5O/c1-9-2-3-10(13-18-17-8-19-13)4-12(9)15-6-11-5-14-7-16-11/h2-5,7-8,15H,6H2,1H3,(H,14,16). The first-order chi connectivity index (χ1) is 9.33. The molecular weight excluding hydrogens is 242 g/mol. The van der Waals surface area contributed by atoms with Crippen molar-refractivity contribution in [3.8, 4) is 11.5 Å². The molecule has 0 radical (unpaired) electrons. The molecule has 0 amide bonds. The summed E-state index contributed by atoms with van der Waals surface area (Å²) >= 11 is 0. The summed E-state index contributed by atoms with van der Waals surface area (Å²) in [6.07, 6.45) is 4.79. The van der Waals surface area contributed by atoms with E-state index in [0.29, 0.717) is 12.4 Å². The molecule has 6 heteroatoms. The lowest BCUT2D eigenvalue weighted by molar-refractivity contribution is 0.568. The van der Waals surface area contributed by atoms with Crippen molar-refractivity contribution in [2.75, 3.05) is 5.32 Å². The van der Waals surface area contributed by atoms with Gasteiger partial charge < -0.3 is 14.7 Å². The molecule has 0 aliphatic rings. The number of aromatic nitrogens is 4. The molecule has 2 aromatic heterocycles. The Hall–Kier alpha value is -2.63. The third-order valence-corrected chi connectivity index (χ3v) is 2.87. The van der Waals surface area contributed by atoms with E-state index in [9.17, 15) is 0 Å². The molecule has 6 nitrogen and oxygen atoms in total. The minimum absolute atomic E-state index is 0.518. The lowest BCUT2D eigenvalue weighted by Gasteiger charge is -2.09. The topological polar surface area (TPSA) is 79.6 Å². The van der Waals surface area contributed by atoms with Gasteiger partial charge in [-0.3, -0.25) is 0 Å². The molecule has 0 unspecified atom stereocenters. The molecule has 0 spiro atoms. The van der Waals surface area contributed by atoms with Crippen molar-refractivity contribution >= 4 is 5.69 Å². The summed E-state index contributed by atoms with van der Waals surface area (Å²) in [5.74, 6) is 0.518. The third kappa shape index (κ3) is 2.47. The Kier molecular flexibility index (Phi) is 2.97. The number of rotatable bonds is 4. The summed E-state index contributed by atoms with van der Waals surface area (Å²) in [7, 11) is 0. The normalized spacial score (nSPS) is 10.6. The van der Waals surface area contributed by atoms with Crippen molar-refractivity contribution in [3.63, 3.8) is 0 Å². The van der Waals surface area contributed by atoms with Crippen LogP contribution in [0.2, 0.25) is 0 Å². The number of nitrogens with zero attached hydrogens (tertiary/aromatic N) is 3. The highest BCUT2D eigenvalue weighted by Crippen LogP contribution is 2.24. The number of aryl methyl sites for hydroxylation is 1. The number of hydrogen-bond donors (Lipinski definition) is 2. The number of imidazole rings is 1. The van der Waals surface area contributed by atoms with Gasteiger partial charge in [-0.15, -0.1) is 10.2 Å². The number of benzene rings is 1. The molecule has 0 atom stereocenters. The van der Waals surface area contributed by atoms with Gasteiger partial charge in [0.25, 0.3) is 0 Å². The SMILES string of the molecule is Cc1ccc(-c2nnco2)cc1NCc1cnc[nH]1. The van der Waals surface area contributed by atoms with Crippen molar-refractivity contribution < 1.29 is 4.42 Å². The number of aromatic amines is 1. The Morgan fingerprint density at radius 1 is 1.37 bits per heavy atom. The first-order valence-electron chi connectivity index (χ1n) is 5.91. The molecule has 96 valence electrons. The van der Waals surface area contributed by atoms with Gasteiger partial charge in [-0.05, 0) is 24.6 Å². The Balaban J connectivity index is 1.82. The van der Waals surface area contributed by atoms with E-state index in [-0.39, 0.29) is 0 Å². The van der Waals surface area contributed by atoms with Crippen molar-refractivity contribution in [2.24, 2.45) is 0 Å². The van der Waals surface area contributed by atoms with Crippen LogP contribution in [-0.4, -0.2) is 20.2 Å². The van der Waals surface area contributed by atoms with Crippen LogP contribution in [0, 0.1) is 6.92 Å². The average molecular weight is 255 g/mol. The molecule has 2 N–H and O–H groups in total. The van der Waals surface area contributed by atoms with E-state index in [1.807, 2.05) is 25.1 Å². The molecule has 3 aromatic rings. The van der Waals surface area contributed by atoms with Gasteiger partial charge in [0.15, 0.2) is 0 Å². The summed E-state index contributed by atoms with van der Waals surface area (Å²) in [5, 5.41) is 11.0. The Morgan fingerprint density at radius 2 is 2.32 bits per heavy atom. The van der Waals surface area contributed by atoms with E-state index in [4.69, 9.17) is 4.42 Å². The van der Waals surface area contributed by atoms with Gasteiger partial charge >= 0.3 is 0 Å². The minimum atomic E-state index is 0.518. The predicted molar refractivity (Wildman–Crippen MR) is 70.4 cm³/mol. The van der Waals surface area contributed by atoms with Crippen molar-refractivity contribution in [3.05, 3.63) is 48.4 Å². The lowest BCUT2D eigenvalue weighted by atomic mass is 10.1. The minimum Gasteiger partial charge on any atom is -0.423 e. The first kappa shape index (κ1) is 11.5. The zero-order valence-electron chi connectivity index (χ0n) is 10.4. The van der Waals surface area contributed by atoms with Crippen molar-refractivity contribution in [1.29, 1.82) is 0 Å². The zero-order chi connectivity index (χ0) is 13.1. The van der Waals surface area contributed by atoms with Gasteiger partial charge in [-0.2, -0.15) is 0 Å². The maximum absolute atomic E-state index is 5.20. The highest BCUT2D eigenvalue weighted by molar-refractivity contribution is 5.64. The Morgan fingerprint density at radius 3 is 3.05 bits per heavy atom. The second-order valence-electron chi connectivity index (χ2n) is 4.20. The first-order valence-corrected chi connectivity index (χ1v) is 5.91. The van der Waals surface area contributed by atoms with Gasteiger partial charge in [0.1, 0.15) is 0 Å². The van der Waals surface area contributed by atoms with E-state index in [1.165, 1.54) is 6.39 Å². The van der Waals surface area contributed by atoms with E-state index in [2.05, 4.69) is 25.5 Å². The van der Waals surface area contributed by atoms with Gasteiger partial charge in [0, 0.05) is 17.4 Å². The van der Waals surface area contributed by atoms with Crippen molar-refractivity contribution in [2.45, 2.75) is 13.5 Å². The lowest BCUT2D eigenvalue weighted by Crippen LogP contribution is -2.01. The van der Waals surface area contributed by atoms with Gasteiger partial charge in [-0.1, -0.05) is 6.07 Å². The molecule has 0 fully saturated rings. The second kappa shape index (κ2) is 4.93. The second-order valence-corrected chi connectivity index (χ2v) is 4.20. The van der Waals surface area contributed by atoms with E-state index >= 15 is 0 Å². The number of H-pyrrole nitrogens is 1. The molecule has 19 heavy (non-hydrogen) atoms. The fourth-order valence-electron chi connectivity index (χ4n) is 1.82. The average Bonchev–Trinajstić information content (AvgIpc) is 3.11. The third-order valence-electron chi connectivity index (χ3n) is 2.87. The fourth-order valence-corrected chi connectivity index (χ4v) is 1.82. The van der Waals surface area contributed by atoms with E-state index in [0.717, 1.165) is 22.5 Å². The largest absolute Gasteiger partial charge is 0.423 e. The van der Waals surface area contributed by atoms with Crippen LogP contribution in [0.1, 0.15) is 11.3 Å². The summed E-state index contributed by atoms with van der Waals surface area (Å²) in [6, 6.07) is 5.98. The number of nitrogens with one attached hydrogen (secondary N) is 2. The Bertz CT molecular complexity index is 646. The van der Waals surface area contributed by atoms with Gasteiger partial charge in [0.05, 0.1) is 18.6 Å².